The molecule has 0 bridgehead atoms. The molecule has 0 heterocycles. The predicted octanol–water partition coefficient (Wildman–Crippen LogP) is 2.23. The highest BCUT2D eigenvalue weighted by molar-refractivity contribution is 5.96. The molecule has 2 atom stereocenters. The van der Waals surface area contributed by atoms with Gasteiger partial charge in [-0.05, 0) is 45.4 Å². The smallest absolute Gasteiger partial charge is 0.408 e. The van der Waals surface area contributed by atoms with E-state index < -0.39 is 52.5 Å². The Balaban J connectivity index is 3.09. The van der Waals surface area contributed by atoms with Crippen LogP contribution in [0.5, 0.6) is 0 Å². The second-order valence-electron chi connectivity index (χ2n) is 9.51. The molecule has 1 rings (SSSR count). The van der Waals surface area contributed by atoms with Crippen LogP contribution in [0.3, 0.4) is 0 Å². The summed E-state index contributed by atoms with van der Waals surface area (Å²) in [6, 6.07) is -1.43. The van der Waals surface area contributed by atoms with Gasteiger partial charge in [0.05, 0.1) is 12.5 Å². The predicted molar refractivity (Wildman–Crippen MR) is 105 cm³/mol. The lowest BCUT2D eigenvalue weighted by Gasteiger charge is -2.34. The van der Waals surface area contributed by atoms with Gasteiger partial charge in [-0.2, -0.15) is 0 Å². The molecule has 0 aromatic rings. The van der Waals surface area contributed by atoms with Crippen molar-refractivity contribution in [3.63, 3.8) is 0 Å². The van der Waals surface area contributed by atoms with E-state index in [2.05, 4.69) is 10.6 Å². The maximum atomic E-state index is 13.0. The average molecular weight is 414 g/mol. The summed E-state index contributed by atoms with van der Waals surface area (Å²) in [4.78, 5) is 49.5. The zero-order valence-electron chi connectivity index (χ0n) is 18.4. The van der Waals surface area contributed by atoms with E-state index in [1.165, 1.54) is 0 Å². The van der Waals surface area contributed by atoms with Gasteiger partial charge in [-0.25, -0.2) is 9.59 Å². The number of carbonyl (C=O) groups is 4. The first kappa shape index (κ1) is 24.7. The first-order valence-electron chi connectivity index (χ1n) is 9.84. The van der Waals surface area contributed by atoms with Gasteiger partial charge in [0.2, 0.25) is 5.91 Å². The zero-order chi connectivity index (χ0) is 22.6. The number of carboxylic acid groups (broad SMARTS) is 1. The lowest BCUT2D eigenvalue weighted by atomic mass is 9.75. The number of aliphatic carboxylic acids is 1. The van der Waals surface area contributed by atoms with Crippen LogP contribution in [0.25, 0.3) is 0 Å². The van der Waals surface area contributed by atoms with Crippen molar-refractivity contribution >= 4 is 23.9 Å². The molecule has 2 amide bonds. The van der Waals surface area contributed by atoms with E-state index in [-0.39, 0.29) is 6.61 Å². The van der Waals surface area contributed by atoms with Crippen LogP contribution in [0.4, 0.5) is 4.79 Å². The second-order valence-corrected chi connectivity index (χ2v) is 9.51. The van der Waals surface area contributed by atoms with Crippen LogP contribution in [-0.2, 0) is 23.9 Å². The normalized spacial score (nSPS) is 17.5. The van der Waals surface area contributed by atoms with Gasteiger partial charge in [0.25, 0.3) is 0 Å². The lowest BCUT2D eigenvalue weighted by molar-refractivity contribution is -0.152. The molecule has 1 aliphatic carbocycles. The number of alkyl carbamates (subject to hydrolysis) is 1. The summed E-state index contributed by atoms with van der Waals surface area (Å²) in [6.07, 6.45) is 0.525. The maximum Gasteiger partial charge on any atom is 0.408 e. The van der Waals surface area contributed by atoms with Gasteiger partial charge >= 0.3 is 18.0 Å². The van der Waals surface area contributed by atoms with Crippen LogP contribution in [0.15, 0.2) is 0 Å². The summed E-state index contributed by atoms with van der Waals surface area (Å²) in [5.41, 5.74) is -2.85. The molecular formula is C20H34N2O7. The van der Waals surface area contributed by atoms with Crippen molar-refractivity contribution in [2.45, 2.75) is 84.9 Å². The van der Waals surface area contributed by atoms with E-state index in [0.29, 0.717) is 19.3 Å². The summed E-state index contributed by atoms with van der Waals surface area (Å²) in [5, 5.41) is 14.7. The molecule has 9 nitrogen and oxygen atoms in total. The van der Waals surface area contributed by atoms with E-state index in [0.717, 1.165) is 0 Å². The van der Waals surface area contributed by atoms with Gasteiger partial charge in [0.15, 0.2) is 0 Å². The number of hydrogen-bond donors (Lipinski definition) is 3. The second kappa shape index (κ2) is 9.00. The van der Waals surface area contributed by atoms with Crippen molar-refractivity contribution in [1.29, 1.82) is 0 Å². The molecule has 1 fully saturated rings. The van der Waals surface area contributed by atoms with E-state index in [9.17, 15) is 24.3 Å². The molecule has 29 heavy (non-hydrogen) atoms. The number of hydrogen-bond acceptors (Lipinski definition) is 6. The molecule has 3 N–H and O–H groups in total. The quantitative estimate of drug-likeness (QED) is 0.519. The summed E-state index contributed by atoms with van der Waals surface area (Å²) in [7, 11) is 0. The topological polar surface area (TPSA) is 131 Å². The number of carbonyl (C=O) groups excluding carboxylic acids is 3. The van der Waals surface area contributed by atoms with Gasteiger partial charge in [-0.3, -0.25) is 9.59 Å². The largest absolute Gasteiger partial charge is 0.481 e. The van der Waals surface area contributed by atoms with Crippen LogP contribution in [0.1, 0.15) is 67.7 Å². The minimum Gasteiger partial charge on any atom is -0.481 e. The number of amides is 2. The molecule has 0 radical (unpaired) electrons. The fourth-order valence-electron chi connectivity index (χ4n) is 2.90. The summed E-state index contributed by atoms with van der Waals surface area (Å²) >= 11 is 0. The summed E-state index contributed by atoms with van der Waals surface area (Å²) in [6.45, 7) is 12.0. The highest BCUT2D eigenvalue weighted by atomic mass is 16.6. The Kier molecular flexibility index (Phi) is 7.67. The Labute approximate surface area is 171 Å². The van der Waals surface area contributed by atoms with Crippen molar-refractivity contribution in [3.8, 4) is 0 Å². The summed E-state index contributed by atoms with van der Waals surface area (Å²) in [5.74, 6) is -3.81. The molecule has 166 valence electrons. The molecule has 0 aromatic heterocycles. The zero-order valence-corrected chi connectivity index (χ0v) is 18.4. The van der Waals surface area contributed by atoms with Gasteiger partial charge < -0.3 is 25.2 Å². The molecule has 0 aliphatic heterocycles. The number of nitrogens with one attached hydrogen (secondary N) is 2. The van der Waals surface area contributed by atoms with E-state index in [4.69, 9.17) is 9.47 Å². The van der Waals surface area contributed by atoms with Gasteiger partial charge in [0, 0.05) is 0 Å². The Morgan fingerprint density at radius 3 is 2.00 bits per heavy atom. The van der Waals surface area contributed by atoms with Gasteiger partial charge in [-0.15, -0.1) is 0 Å². The standard InChI is InChI=1S/C20H34N2O7/c1-8-11-28-16(26)20(9-10-20)22-14(23)13(12(15(24)25)18(2,3)4)21-17(27)29-19(5,6)7/h12-13H,8-11H2,1-7H3,(H,21,27)(H,22,23)(H,24,25)/t12?,13-/m0/s1. The third-order valence-electron chi connectivity index (χ3n) is 4.43. The average Bonchev–Trinajstić information content (AvgIpc) is 3.29. The van der Waals surface area contributed by atoms with Crippen LogP contribution < -0.4 is 10.6 Å². The molecule has 0 saturated heterocycles. The fourth-order valence-corrected chi connectivity index (χ4v) is 2.90. The van der Waals surface area contributed by atoms with Gasteiger partial charge in [0.1, 0.15) is 17.2 Å². The van der Waals surface area contributed by atoms with Gasteiger partial charge in [-0.1, -0.05) is 27.7 Å². The van der Waals surface area contributed by atoms with E-state index in [1.807, 2.05) is 6.92 Å². The SMILES string of the molecule is CCCOC(=O)C1(NC(=O)[C@@H](NC(=O)OC(C)(C)C)C(C(=O)O)C(C)(C)C)CC1. The molecule has 9 heteroatoms. The maximum absolute atomic E-state index is 13.0. The minimum absolute atomic E-state index is 0.232. The molecular weight excluding hydrogens is 380 g/mol. The molecule has 0 aromatic carbocycles. The molecule has 1 aliphatic rings. The van der Waals surface area contributed by atoms with E-state index in [1.54, 1.807) is 41.5 Å². The van der Waals surface area contributed by atoms with Crippen molar-refractivity contribution in [3.05, 3.63) is 0 Å². The van der Waals surface area contributed by atoms with Crippen molar-refractivity contribution < 1.29 is 33.8 Å². The first-order valence-corrected chi connectivity index (χ1v) is 9.84. The van der Waals surface area contributed by atoms with Crippen molar-refractivity contribution in [2.75, 3.05) is 6.61 Å². The first-order chi connectivity index (χ1) is 13.1. The van der Waals surface area contributed by atoms with Crippen LogP contribution in [0.2, 0.25) is 0 Å². The Hall–Kier alpha value is -2.32. The minimum atomic E-state index is -1.43. The number of esters is 1. The highest BCUT2D eigenvalue weighted by Crippen LogP contribution is 2.38. The Morgan fingerprint density at radius 1 is 1.07 bits per heavy atom. The Bertz CT molecular complexity index is 642. The van der Waals surface area contributed by atoms with E-state index >= 15 is 0 Å². The third kappa shape index (κ3) is 7.21. The van der Waals surface area contributed by atoms with Crippen LogP contribution in [-0.4, -0.2) is 52.8 Å². The third-order valence-corrected chi connectivity index (χ3v) is 4.43. The number of ether oxygens (including phenoxy) is 2. The highest BCUT2D eigenvalue weighted by Gasteiger charge is 2.55. The number of rotatable bonds is 8. The number of carboxylic acids is 1. The van der Waals surface area contributed by atoms with Crippen LogP contribution in [0, 0.1) is 11.3 Å². The van der Waals surface area contributed by atoms with Crippen LogP contribution >= 0.6 is 0 Å². The molecule has 1 saturated carbocycles. The van der Waals surface area contributed by atoms with Crippen molar-refractivity contribution in [2.24, 2.45) is 11.3 Å². The molecule has 1 unspecified atom stereocenters. The molecule has 0 spiro atoms. The Morgan fingerprint density at radius 2 is 1.62 bits per heavy atom. The van der Waals surface area contributed by atoms with Crippen molar-refractivity contribution in [1.82, 2.24) is 10.6 Å². The fraction of sp³-hybridized carbons (Fsp3) is 0.800. The summed E-state index contributed by atoms with van der Waals surface area (Å²) < 4.78 is 10.3. The lowest BCUT2D eigenvalue weighted by Crippen LogP contribution is -2.59. The monoisotopic (exact) mass is 414 g/mol.